The molecule has 0 aliphatic heterocycles. The SMILES string of the molecule is CCN(CCCNCCS(=O)(=O)C(C)(C)C)S(C)(=O)=O. The summed E-state index contributed by atoms with van der Waals surface area (Å²) >= 11 is 0. The highest BCUT2D eigenvalue weighted by Gasteiger charge is 2.27. The summed E-state index contributed by atoms with van der Waals surface area (Å²) in [4.78, 5) is 0. The van der Waals surface area contributed by atoms with Gasteiger partial charge in [-0.25, -0.2) is 21.1 Å². The van der Waals surface area contributed by atoms with Crippen LogP contribution in [0.4, 0.5) is 0 Å². The molecule has 8 heteroatoms. The molecule has 0 aromatic rings. The molecule has 0 atom stereocenters. The standard InChI is InChI=1S/C12H28N2O4S2/c1-6-14(19(5,15)16)10-7-8-13-9-11-20(17,18)12(2,3)4/h13H,6-11H2,1-5H3. The van der Waals surface area contributed by atoms with Gasteiger partial charge in [-0.2, -0.15) is 0 Å². The van der Waals surface area contributed by atoms with Crippen molar-refractivity contribution in [3.05, 3.63) is 0 Å². The van der Waals surface area contributed by atoms with E-state index in [1.165, 1.54) is 10.6 Å². The third-order valence-electron chi connectivity index (χ3n) is 3.06. The van der Waals surface area contributed by atoms with Crippen LogP contribution in [-0.4, -0.2) is 64.1 Å². The molecule has 0 spiro atoms. The number of sulfone groups is 1. The minimum absolute atomic E-state index is 0.0973. The fourth-order valence-corrected chi connectivity index (χ4v) is 3.53. The van der Waals surface area contributed by atoms with Crippen LogP contribution in [0.25, 0.3) is 0 Å². The Hall–Kier alpha value is -0.180. The van der Waals surface area contributed by atoms with Crippen molar-refractivity contribution in [3.8, 4) is 0 Å². The predicted molar refractivity (Wildman–Crippen MR) is 83.1 cm³/mol. The van der Waals surface area contributed by atoms with Crippen LogP contribution >= 0.6 is 0 Å². The van der Waals surface area contributed by atoms with Gasteiger partial charge in [0.25, 0.3) is 0 Å². The summed E-state index contributed by atoms with van der Waals surface area (Å²) in [5.74, 6) is 0.0973. The van der Waals surface area contributed by atoms with Crippen molar-refractivity contribution in [2.24, 2.45) is 0 Å². The summed E-state index contributed by atoms with van der Waals surface area (Å²) in [7, 11) is -6.24. The number of hydrogen-bond donors (Lipinski definition) is 1. The lowest BCUT2D eigenvalue weighted by molar-refractivity contribution is 0.420. The molecule has 20 heavy (non-hydrogen) atoms. The molecule has 0 aliphatic carbocycles. The van der Waals surface area contributed by atoms with E-state index in [-0.39, 0.29) is 5.75 Å². The fraction of sp³-hybridized carbons (Fsp3) is 1.00. The smallest absolute Gasteiger partial charge is 0.211 e. The number of nitrogens with one attached hydrogen (secondary N) is 1. The molecule has 0 saturated carbocycles. The summed E-state index contributed by atoms with van der Waals surface area (Å²) in [5.41, 5.74) is 0. The maximum atomic E-state index is 11.8. The zero-order valence-electron chi connectivity index (χ0n) is 13.1. The second-order valence-corrected chi connectivity index (χ2v) is 10.6. The Bertz CT molecular complexity index is 478. The Balaban J connectivity index is 3.96. The van der Waals surface area contributed by atoms with Crippen molar-refractivity contribution in [2.45, 2.75) is 38.9 Å². The van der Waals surface area contributed by atoms with Gasteiger partial charge in [0.2, 0.25) is 10.0 Å². The van der Waals surface area contributed by atoms with Crippen molar-refractivity contribution in [1.82, 2.24) is 9.62 Å². The largest absolute Gasteiger partial charge is 0.316 e. The lowest BCUT2D eigenvalue weighted by Crippen LogP contribution is -2.36. The Morgan fingerprint density at radius 2 is 1.60 bits per heavy atom. The number of hydrogen-bond acceptors (Lipinski definition) is 5. The van der Waals surface area contributed by atoms with Crippen molar-refractivity contribution in [2.75, 3.05) is 38.2 Å². The molecule has 0 rings (SSSR count). The summed E-state index contributed by atoms with van der Waals surface area (Å²) in [6.07, 6.45) is 1.86. The molecule has 0 bridgehead atoms. The van der Waals surface area contributed by atoms with Crippen LogP contribution in [0.15, 0.2) is 0 Å². The molecule has 0 saturated heterocycles. The molecule has 0 aromatic carbocycles. The van der Waals surface area contributed by atoms with Crippen molar-refractivity contribution in [3.63, 3.8) is 0 Å². The molecule has 0 aliphatic rings. The number of rotatable bonds is 9. The topological polar surface area (TPSA) is 83.6 Å². The van der Waals surface area contributed by atoms with E-state index in [9.17, 15) is 16.8 Å². The summed E-state index contributed by atoms with van der Waals surface area (Å²) in [6, 6.07) is 0. The molecular formula is C12H28N2O4S2. The average molecular weight is 329 g/mol. The Kier molecular flexibility index (Phi) is 7.65. The fourth-order valence-electron chi connectivity index (χ4n) is 1.58. The Morgan fingerprint density at radius 1 is 1.05 bits per heavy atom. The lowest BCUT2D eigenvalue weighted by Gasteiger charge is -2.20. The third-order valence-corrected chi connectivity index (χ3v) is 7.05. The van der Waals surface area contributed by atoms with E-state index in [2.05, 4.69) is 5.32 Å². The Labute approximate surface area is 123 Å². The van der Waals surface area contributed by atoms with Gasteiger partial charge in [-0.1, -0.05) is 6.92 Å². The molecule has 0 heterocycles. The molecule has 1 N–H and O–H groups in total. The van der Waals surface area contributed by atoms with Crippen LogP contribution in [0, 0.1) is 0 Å². The van der Waals surface area contributed by atoms with Gasteiger partial charge >= 0.3 is 0 Å². The van der Waals surface area contributed by atoms with Gasteiger partial charge in [0.05, 0.1) is 16.8 Å². The monoisotopic (exact) mass is 328 g/mol. The maximum absolute atomic E-state index is 11.8. The first-order chi connectivity index (χ1) is 8.92. The van der Waals surface area contributed by atoms with E-state index in [1.807, 2.05) is 0 Å². The lowest BCUT2D eigenvalue weighted by atomic mass is 10.3. The first-order valence-corrected chi connectivity index (χ1v) is 10.3. The molecule has 0 fully saturated rings. The van der Waals surface area contributed by atoms with Gasteiger partial charge < -0.3 is 5.32 Å². The number of nitrogens with zero attached hydrogens (tertiary/aromatic N) is 1. The highest BCUT2D eigenvalue weighted by molar-refractivity contribution is 7.92. The van der Waals surface area contributed by atoms with E-state index in [4.69, 9.17) is 0 Å². The summed E-state index contributed by atoms with van der Waals surface area (Å²) in [5, 5.41) is 3.04. The molecular weight excluding hydrogens is 300 g/mol. The molecule has 122 valence electrons. The Morgan fingerprint density at radius 3 is 2.00 bits per heavy atom. The molecule has 0 unspecified atom stereocenters. The molecule has 0 aromatic heterocycles. The first-order valence-electron chi connectivity index (χ1n) is 6.80. The van der Waals surface area contributed by atoms with Gasteiger partial charge in [0.15, 0.2) is 9.84 Å². The predicted octanol–water partition coefficient (Wildman–Crippen LogP) is 0.461. The van der Waals surface area contributed by atoms with E-state index >= 15 is 0 Å². The highest BCUT2D eigenvalue weighted by Crippen LogP contribution is 2.15. The van der Waals surface area contributed by atoms with Crippen molar-refractivity contribution >= 4 is 19.9 Å². The van der Waals surface area contributed by atoms with Gasteiger partial charge in [-0.05, 0) is 33.7 Å². The van der Waals surface area contributed by atoms with Crippen molar-refractivity contribution < 1.29 is 16.8 Å². The highest BCUT2D eigenvalue weighted by atomic mass is 32.2. The molecule has 0 amide bonds. The minimum atomic E-state index is -3.14. The molecule has 0 radical (unpaired) electrons. The van der Waals surface area contributed by atoms with Crippen LogP contribution in [0.1, 0.15) is 34.1 Å². The van der Waals surface area contributed by atoms with E-state index < -0.39 is 24.6 Å². The zero-order chi connectivity index (χ0) is 16.0. The van der Waals surface area contributed by atoms with Crippen LogP contribution in [0.2, 0.25) is 0 Å². The van der Waals surface area contributed by atoms with Gasteiger partial charge in [-0.3, -0.25) is 0 Å². The van der Waals surface area contributed by atoms with E-state index in [1.54, 1.807) is 27.7 Å². The maximum Gasteiger partial charge on any atom is 0.211 e. The molecule has 6 nitrogen and oxygen atoms in total. The second-order valence-electron chi connectivity index (χ2n) is 5.79. The van der Waals surface area contributed by atoms with Gasteiger partial charge in [0.1, 0.15) is 0 Å². The zero-order valence-corrected chi connectivity index (χ0v) is 14.8. The van der Waals surface area contributed by atoms with Crippen LogP contribution < -0.4 is 5.32 Å². The third kappa shape index (κ3) is 7.01. The van der Waals surface area contributed by atoms with E-state index in [0.717, 1.165) is 0 Å². The van der Waals surface area contributed by atoms with Gasteiger partial charge in [0, 0.05) is 19.6 Å². The summed E-state index contributed by atoms with van der Waals surface area (Å²) in [6.45, 7) is 8.76. The van der Waals surface area contributed by atoms with Gasteiger partial charge in [-0.15, -0.1) is 0 Å². The van der Waals surface area contributed by atoms with Crippen LogP contribution in [0.3, 0.4) is 0 Å². The van der Waals surface area contributed by atoms with E-state index in [0.29, 0.717) is 32.6 Å². The minimum Gasteiger partial charge on any atom is -0.316 e. The quantitative estimate of drug-likeness (QED) is 0.622. The normalized spacial score (nSPS) is 13.9. The second kappa shape index (κ2) is 7.72. The summed E-state index contributed by atoms with van der Waals surface area (Å²) < 4.78 is 47.1. The first kappa shape index (κ1) is 19.8. The van der Waals surface area contributed by atoms with Crippen LogP contribution in [0.5, 0.6) is 0 Å². The van der Waals surface area contributed by atoms with Crippen LogP contribution in [-0.2, 0) is 19.9 Å². The number of sulfonamides is 1. The average Bonchev–Trinajstić information content (AvgIpc) is 2.24. The van der Waals surface area contributed by atoms with Crippen molar-refractivity contribution in [1.29, 1.82) is 0 Å².